The standard InChI is InChI=1S/C15H15NO2/c17-14(16-10-12-6-9-18-11-12)15(7-8-15)13-4-2-1-3-5-13/h1-6,9,11H,7-8,10H2,(H,16,17). The van der Waals surface area contributed by atoms with E-state index in [1.54, 1.807) is 12.5 Å². The van der Waals surface area contributed by atoms with Gasteiger partial charge in [-0.25, -0.2) is 0 Å². The van der Waals surface area contributed by atoms with Crippen LogP contribution in [0.5, 0.6) is 0 Å². The van der Waals surface area contributed by atoms with E-state index in [0.29, 0.717) is 6.54 Å². The van der Waals surface area contributed by atoms with E-state index in [9.17, 15) is 4.79 Å². The molecule has 0 bridgehead atoms. The van der Waals surface area contributed by atoms with Crippen LogP contribution in [0.2, 0.25) is 0 Å². The quantitative estimate of drug-likeness (QED) is 0.894. The number of furan rings is 1. The summed E-state index contributed by atoms with van der Waals surface area (Å²) in [5.41, 5.74) is 1.83. The van der Waals surface area contributed by atoms with E-state index >= 15 is 0 Å². The first-order chi connectivity index (χ1) is 8.81. The van der Waals surface area contributed by atoms with Crippen molar-refractivity contribution >= 4 is 5.91 Å². The molecule has 3 heteroatoms. The van der Waals surface area contributed by atoms with Crippen LogP contribution in [0.1, 0.15) is 24.0 Å². The van der Waals surface area contributed by atoms with Crippen molar-refractivity contribution in [3.05, 3.63) is 60.1 Å². The van der Waals surface area contributed by atoms with Gasteiger partial charge in [-0.15, -0.1) is 0 Å². The molecule has 1 saturated carbocycles. The predicted octanol–water partition coefficient (Wildman–Crippen LogP) is 2.63. The van der Waals surface area contributed by atoms with Crippen molar-refractivity contribution in [1.29, 1.82) is 0 Å². The molecule has 1 aromatic carbocycles. The monoisotopic (exact) mass is 241 g/mol. The second kappa shape index (κ2) is 4.33. The molecular formula is C15H15NO2. The molecule has 92 valence electrons. The topological polar surface area (TPSA) is 42.2 Å². The van der Waals surface area contributed by atoms with Crippen LogP contribution in [0.4, 0.5) is 0 Å². The smallest absolute Gasteiger partial charge is 0.230 e. The second-order valence-corrected chi connectivity index (χ2v) is 4.76. The van der Waals surface area contributed by atoms with Gasteiger partial charge in [0.05, 0.1) is 17.9 Å². The molecule has 0 radical (unpaired) electrons. The van der Waals surface area contributed by atoms with E-state index in [4.69, 9.17) is 4.42 Å². The Bertz CT molecular complexity index is 527. The molecule has 1 aliphatic carbocycles. The Labute approximate surface area is 106 Å². The fraction of sp³-hybridized carbons (Fsp3) is 0.267. The van der Waals surface area contributed by atoms with E-state index in [1.807, 2.05) is 36.4 Å². The Morgan fingerprint density at radius 3 is 2.61 bits per heavy atom. The molecule has 0 atom stereocenters. The maximum Gasteiger partial charge on any atom is 0.230 e. The molecule has 1 fully saturated rings. The molecule has 0 aliphatic heterocycles. The number of rotatable bonds is 4. The Hall–Kier alpha value is -2.03. The van der Waals surface area contributed by atoms with E-state index in [0.717, 1.165) is 24.0 Å². The largest absolute Gasteiger partial charge is 0.472 e. The van der Waals surface area contributed by atoms with Gasteiger partial charge in [-0.1, -0.05) is 30.3 Å². The molecule has 1 amide bonds. The number of carbonyl (C=O) groups is 1. The molecule has 0 unspecified atom stereocenters. The van der Waals surface area contributed by atoms with Crippen LogP contribution in [-0.2, 0) is 16.8 Å². The lowest BCUT2D eigenvalue weighted by Crippen LogP contribution is -2.34. The Morgan fingerprint density at radius 1 is 1.22 bits per heavy atom. The van der Waals surface area contributed by atoms with Crippen LogP contribution in [-0.4, -0.2) is 5.91 Å². The van der Waals surface area contributed by atoms with Gasteiger partial charge in [-0.2, -0.15) is 0 Å². The summed E-state index contributed by atoms with van der Waals surface area (Å²) in [6.45, 7) is 0.532. The zero-order chi connectivity index (χ0) is 12.4. The van der Waals surface area contributed by atoms with Gasteiger partial charge in [0.2, 0.25) is 5.91 Å². The molecule has 3 nitrogen and oxygen atoms in total. The van der Waals surface area contributed by atoms with Gasteiger partial charge in [0.15, 0.2) is 0 Å². The highest BCUT2D eigenvalue weighted by molar-refractivity contribution is 5.91. The van der Waals surface area contributed by atoms with Crippen molar-refractivity contribution in [3.8, 4) is 0 Å². The van der Waals surface area contributed by atoms with Gasteiger partial charge in [-0.3, -0.25) is 4.79 Å². The van der Waals surface area contributed by atoms with E-state index in [2.05, 4.69) is 5.32 Å². The third-order valence-corrected chi connectivity index (χ3v) is 3.54. The number of amides is 1. The number of hydrogen-bond donors (Lipinski definition) is 1. The molecule has 1 heterocycles. The normalized spacial score (nSPS) is 16.2. The van der Waals surface area contributed by atoms with Crippen molar-refractivity contribution in [2.45, 2.75) is 24.8 Å². The van der Waals surface area contributed by atoms with Crippen LogP contribution >= 0.6 is 0 Å². The molecular weight excluding hydrogens is 226 g/mol. The summed E-state index contributed by atoms with van der Waals surface area (Å²) >= 11 is 0. The molecule has 18 heavy (non-hydrogen) atoms. The van der Waals surface area contributed by atoms with Crippen molar-refractivity contribution in [2.75, 3.05) is 0 Å². The summed E-state index contributed by atoms with van der Waals surface area (Å²) in [4.78, 5) is 12.3. The summed E-state index contributed by atoms with van der Waals surface area (Å²) < 4.78 is 4.98. The lowest BCUT2D eigenvalue weighted by Gasteiger charge is -2.15. The molecule has 1 aromatic heterocycles. The van der Waals surface area contributed by atoms with Crippen LogP contribution in [0.3, 0.4) is 0 Å². The first-order valence-electron chi connectivity index (χ1n) is 6.16. The Morgan fingerprint density at radius 2 is 2.00 bits per heavy atom. The summed E-state index contributed by atoms with van der Waals surface area (Å²) in [5, 5.41) is 2.99. The number of carbonyl (C=O) groups excluding carboxylic acids is 1. The molecule has 2 aromatic rings. The summed E-state index contributed by atoms with van der Waals surface area (Å²) in [5.74, 6) is 0.120. The van der Waals surface area contributed by atoms with Crippen molar-refractivity contribution in [2.24, 2.45) is 0 Å². The van der Waals surface area contributed by atoms with Crippen LogP contribution in [0.25, 0.3) is 0 Å². The molecule has 1 aliphatic rings. The van der Waals surface area contributed by atoms with Gasteiger partial charge < -0.3 is 9.73 Å². The fourth-order valence-electron chi connectivity index (χ4n) is 2.27. The average molecular weight is 241 g/mol. The van der Waals surface area contributed by atoms with E-state index in [1.165, 1.54) is 0 Å². The molecule has 1 N–H and O–H groups in total. The van der Waals surface area contributed by atoms with Gasteiger partial charge in [-0.05, 0) is 24.5 Å². The molecule has 0 saturated heterocycles. The average Bonchev–Trinajstić information content (AvgIpc) is 3.07. The minimum Gasteiger partial charge on any atom is -0.472 e. The maximum atomic E-state index is 12.3. The van der Waals surface area contributed by atoms with Crippen molar-refractivity contribution in [1.82, 2.24) is 5.32 Å². The summed E-state index contributed by atoms with van der Waals surface area (Å²) in [6.07, 6.45) is 5.15. The lowest BCUT2D eigenvalue weighted by molar-refractivity contribution is -0.123. The number of hydrogen-bond acceptors (Lipinski definition) is 2. The predicted molar refractivity (Wildman–Crippen MR) is 67.9 cm³/mol. The number of nitrogens with one attached hydrogen (secondary N) is 1. The maximum absolute atomic E-state index is 12.3. The third kappa shape index (κ3) is 1.92. The lowest BCUT2D eigenvalue weighted by atomic mass is 9.95. The van der Waals surface area contributed by atoms with E-state index in [-0.39, 0.29) is 11.3 Å². The highest BCUT2D eigenvalue weighted by atomic mass is 16.3. The summed E-state index contributed by atoms with van der Waals surface area (Å²) in [7, 11) is 0. The van der Waals surface area contributed by atoms with Gasteiger partial charge in [0.1, 0.15) is 0 Å². The van der Waals surface area contributed by atoms with Crippen LogP contribution in [0.15, 0.2) is 53.3 Å². The second-order valence-electron chi connectivity index (χ2n) is 4.76. The molecule has 0 spiro atoms. The number of benzene rings is 1. The highest BCUT2D eigenvalue weighted by Gasteiger charge is 2.50. The zero-order valence-electron chi connectivity index (χ0n) is 10.1. The first kappa shape index (κ1) is 11.1. The van der Waals surface area contributed by atoms with Gasteiger partial charge in [0, 0.05) is 12.1 Å². The van der Waals surface area contributed by atoms with Crippen molar-refractivity contribution in [3.63, 3.8) is 0 Å². The van der Waals surface area contributed by atoms with E-state index < -0.39 is 0 Å². The fourth-order valence-corrected chi connectivity index (χ4v) is 2.27. The van der Waals surface area contributed by atoms with Crippen LogP contribution < -0.4 is 5.32 Å². The summed E-state index contributed by atoms with van der Waals surface area (Å²) in [6, 6.07) is 11.9. The van der Waals surface area contributed by atoms with Gasteiger partial charge in [0.25, 0.3) is 0 Å². The Balaban J connectivity index is 1.69. The zero-order valence-corrected chi connectivity index (χ0v) is 10.1. The van der Waals surface area contributed by atoms with Crippen molar-refractivity contribution < 1.29 is 9.21 Å². The Kier molecular flexibility index (Phi) is 2.67. The SMILES string of the molecule is O=C(NCc1ccoc1)C1(c2ccccc2)CC1. The third-order valence-electron chi connectivity index (χ3n) is 3.54. The minimum atomic E-state index is -0.287. The first-order valence-corrected chi connectivity index (χ1v) is 6.16. The van der Waals surface area contributed by atoms with Gasteiger partial charge >= 0.3 is 0 Å². The molecule has 3 rings (SSSR count). The highest BCUT2D eigenvalue weighted by Crippen LogP contribution is 2.48. The minimum absolute atomic E-state index is 0.120. The van der Waals surface area contributed by atoms with Crippen LogP contribution in [0, 0.1) is 0 Å².